The van der Waals surface area contributed by atoms with Gasteiger partial charge in [-0.1, -0.05) is 0 Å². The molecule has 0 spiro atoms. The molecule has 1 aliphatic rings. The number of rotatable bonds is 1. The van der Waals surface area contributed by atoms with E-state index in [9.17, 15) is 13.6 Å². The Labute approximate surface area is 74.7 Å². The zero-order chi connectivity index (χ0) is 10.1. The van der Waals surface area contributed by atoms with Crippen LogP contribution < -0.4 is 0 Å². The predicted molar refractivity (Wildman–Crippen MR) is 40.3 cm³/mol. The molecule has 0 aromatic carbocycles. The third kappa shape index (κ3) is 2.62. The second-order valence-electron chi connectivity index (χ2n) is 3.37. The van der Waals surface area contributed by atoms with Crippen molar-refractivity contribution >= 4 is 5.97 Å². The van der Waals surface area contributed by atoms with Gasteiger partial charge >= 0.3 is 5.97 Å². The molecule has 1 N–H and O–H groups in total. The summed E-state index contributed by atoms with van der Waals surface area (Å²) in [6.45, 7) is 0. The van der Waals surface area contributed by atoms with E-state index in [0.29, 0.717) is 0 Å². The maximum Gasteiger partial charge on any atom is 0.308 e. The summed E-state index contributed by atoms with van der Waals surface area (Å²) in [6.07, 6.45) is -2.10. The van der Waals surface area contributed by atoms with Crippen LogP contribution in [0.2, 0.25) is 0 Å². The molecule has 1 rings (SSSR count). The summed E-state index contributed by atoms with van der Waals surface area (Å²) in [6, 6.07) is 0. The Morgan fingerprint density at radius 3 is 2.62 bits per heavy atom. The molecule has 1 fully saturated rings. The van der Waals surface area contributed by atoms with Crippen LogP contribution in [0.5, 0.6) is 0 Å². The Bertz CT molecular complexity index is 206. The molecule has 1 aliphatic carbocycles. The van der Waals surface area contributed by atoms with Crippen molar-refractivity contribution in [2.24, 2.45) is 5.92 Å². The molecule has 0 aliphatic heterocycles. The number of carbonyl (C=O) groups excluding carboxylic acids is 1. The largest absolute Gasteiger partial charge is 0.469 e. The third-order valence-electron chi connectivity index (χ3n) is 2.17. The van der Waals surface area contributed by atoms with Crippen LogP contribution in [0.15, 0.2) is 0 Å². The molecule has 0 unspecified atom stereocenters. The summed E-state index contributed by atoms with van der Waals surface area (Å²) in [5.74, 6) is -4.49. The molecule has 0 saturated heterocycles. The van der Waals surface area contributed by atoms with Gasteiger partial charge in [0.15, 0.2) is 0 Å². The van der Waals surface area contributed by atoms with Crippen LogP contribution in [0.25, 0.3) is 0 Å². The van der Waals surface area contributed by atoms with Gasteiger partial charge in [0.2, 0.25) is 0 Å². The summed E-state index contributed by atoms with van der Waals surface area (Å²) >= 11 is 0. The van der Waals surface area contributed by atoms with Crippen LogP contribution in [-0.4, -0.2) is 30.2 Å². The Balaban J connectivity index is 2.62. The molecule has 13 heavy (non-hydrogen) atoms. The van der Waals surface area contributed by atoms with Crippen molar-refractivity contribution in [2.75, 3.05) is 7.11 Å². The average Bonchev–Trinajstić information content (AvgIpc) is 1.99. The molecule has 3 nitrogen and oxygen atoms in total. The van der Waals surface area contributed by atoms with Crippen molar-refractivity contribution in [3.63, 3.8) is 0 Å². The lowest BCUT2D eigenvalue weighted by Gasteiger charge is -2.30. The first kappa shape index (κ1) is 10.4. The lowest BCUT2D eigenvalue weighted by Crippen LogP contribution is -2.38. The van der Waals surface area contributed by atoms with E-state index in [2.05, 4.69) is 4.74 Å². The van der Waals surface area contributed by atoms with Crippen LogP contribution >= 0.6 is 0 Å². The standard InChI is InChI=1S/C8H12F2O3/c1-13-7(12)5-2-6(11)4-8(9,10)3-5/h5-6,11H,2-4H2,1H3/t5-,6-/m0/s1. The van der Waals surface area contributed by atoms with E-state index in [4.69, 9.17) is 5.11 Å². The fraction of sp³-hybridized carbons (Fsp3) is 0.875. The highest BCUT2D eigenvalue weighted by atomic mass is 19.3. The molecule has 0 radical (unpaired) electrons. The molecule has 0 aromatic rings. The number of ether oxygens (including phenoxy) is 1. The molecule has 1 saturated carbocycles. The van der Waals surface area contributed by atoms with Crippen molar-refractivity contribution < 1.29 is 23.4 Å². The van der Waals surface area contributed by atoms with Crippen LogP contribution in [0.3, 0.4) is 0 Å². The van der Waals surface area contributed by atoms with Crippen molar-refractivity contribution in [2.45, 2.75) is 31.3 Å². The summed E-state index contributed by atoms with van der Waals surface area (Å²) in [7, 11) is 1.15. The van der Waals surface area contributed by atoms with Gasteiger partial charge in [-0.2, -0.15) is 0 Å². The minimum Gasteiger partial charge on any atom is -0.469 e. The highest BCUT2D eigenvalue weighted by Gasteiger charge is 2.43. The normalized spacial score (nSPS) is 32.6. The highest BCUT2D eigenvalue weighted by Crippen LogP contribution is 2.37. The number of aliphatic hydroxyl groups is 1. The summed E-state index contributed by atoms with van der Waals surface area (Å²) in [5.41, 5.74) is 0. The van der Waals surface area contributed by atoms with Crippen molar-refractivity contribution in [3.8, 4) is 0 Å². The van der Waals surface area contributed by atoms with E-state index in [-0.39, 0.29) is 6.42 Å². The van der Waals surface area contributed by atoms with Gasteiger partial charge in [-0.15, -0.1) is 0 Å². The smallest absolute Gasteiger partial charge is 0.308 e. The van der Waals surface area contributed by atoms with Gasteiger partial charge in [0.25, 0.3) is 5.92 Å². The predicted octanol–water partition coefficient (Wildman–Crippen LogP) is 0.956. The monoisotopic (exact) mass is 194 g/mol. The zero-order valence-corrected chi connectivity index (χ0v) is 7.30. The van der Waals surface area contributed by atoms with Gasteiger partial charge in [0.1, 0.15) is 0 Å². The number of alkyl halides is 2. The topological polar surface area (TPSA) is 46.5 Å². The van der Waals surface area contributed by atoms with E-state index in [0.717, 1.165) is 7.11 Å². The SMILES string of the molecule is COC(=O)[C@H]1C[C@H](O)CC(F)(F)C1. The average molecular weight is 194 g/mol. The maximum absolute atomic E-state index is 12.8. The first-order chi connectivity index (χ1) is 5.94. The molecule has 5 heteroatoms. The molecule has 2 atom stereocenters. The zero-order valence-electron chi connectivity index (χ0n) is 7.30. The van der Waals surface area contributed by atoms with Crippen LogP contribution in [0.1, 0.15) is 19.3 Å². The van der Waals surface area contributed by atoms with Crippen LogP contribution in [0.4, 0.5) is 8.78 Å². The molecular weight excluding hydrogens is 182 g/mol. The fourth-order valence-electron chi connectivity index (χ4n) is 1.63. The molecule has 0 bridgehead atoms. The van der Waals surface area contributed by atoms with E-state index >= 15 is 0 Å². The molecule has 0 heterocycles. The van der Waals surface area contributed by atoms with Crippen molar-refractivity contribution in [3.05, 3.63) is 0 Å². The number of halogens is 2. The summed E-state index contributed by atoms with van der Waals surface area (Å²) in [4.78, 5) is 10.9. The molecule has 76 valence electrons. The third-order valence-corrected chi connectivity index (χ3v) is 2.17. The van der Waals surface area contributed by atoms with Crippen molar-refractivity contribution in [1.29, 1.82) is 0 Å². The van der Waals surface area contributed by atoms with Gasteiger partial charge in [-0.25, -0.2) is 8.78 Å². The van der Waals surface area contributed by atoms with Gasteiger partial charge in [0, 0.05) is 12.8 Å². The fourth-order valence-corrected chi connectivity index (χ4v) is 1.63. The molecular formula is C8H12F2O3. The lowest BCUT2D eigenvalue weighted by molar-refractivity contribution is -0.158. The number of hydrogen-bond acceptors (Lipinski definition) is 3. The first-order valence-corrected chi connectivity index (χ1v) is 4.08. The number of hydrogen-bond donors (Lipinski definition) is 1. The lowest BCUT2D eigenvalue weighted by atomic mass is 9.85. The number of aliphatic hydroxyl groups excluding tert-OH is 1. The summed E-state index contributed by atoms with van der Waals surface area (Å²) in [5, 5.41) is 9.07. The minimum atomic E-state index is -2.95. The van der Waals surface area contributed by atoms with Gasteiger partial charge < -0.3 is 9.84 Å². The molecule has 0 amide bonds. The highest BCUT2D eigenvalue weighted by molar-refractivity contribution is 5.72. The van der Waals surface area contributed by atoms with Crippen LogP contribution in [0, 0.1) is 5.92 Å². The van der Waals surface area contributed by atoms with Gasteiger partial charge in [-0.3, -0.25) is 4.79 Å². The number of methoxy groups -OCH3 is 1. The number of carbonyl (C=O) groups is 1. The Morgan fingerprint density at radius 2 is 2.15 bits per heavy atom. The van der Waals surface area contributed by atoms with E-state index in [1.54, 1.807) is 0 Å². The van der Waals surface area contributed by atoms with Crippen molar-refractivity contribution in [1.82, 2.24) is 0 Å². The van der Waals surface area contributed by atoms with Gasteiger partial charge in [-0.05, 0) is 6.42 Å². The Kier molecular flexibility index (Phi) is 2.85. The second kappa shape index (κ2) is 3.57. The van der Waals surface area contributed by atoms with E-state index in [1.165, 1.54) is 0 Å². The number of esters is 1. The Hall–Kier alpha value is -0.710. The van der Waals surface area contributed by atoms with E-state index < -0.39 is 36.8 Å². The maximum atomic E-state index is 12.8. The second-order valence-corrected chi connectivity index (χ2v) is 3.37. The Morgan fingerprint density at radius 1 is 1.54 bits per heavy atom. The minimum absolute atomic E-state index is 0.0717. The molecule has 0 aromatic heterocycles. The quantitative estimate of drug-likeness (QED) is 0.632. The van der Waals surface area contributed by atoms with Crippen LogP contribution in [-0.2, 0) is 9.53 Å². The van der Waals surface area contributed by atoms with Gasteiger partial charge in [0.05, 0.1) is 19.1 Å². The summed E-state index contributed by atoms with van der Waals surface area (Å²) < 4.78 is 30.0. The van der Waals surface area contributed by atoms with E-state index in [1.807, 2.05) is 0 Å². The first-order valence-electron chi connectivity index (χ1n) is 4.08.